The van der Waals surface area contributed by atoms with Crippen LogP contribution in [0, 0.1) is 0 Å². The third-order valence-corrected chi connectivity index (χ3v) is 3.82. The number of hydrogen-bond acceptors (Lipinski definition) is 4. The smallest absolute Gasteiger partial charge is 0.342 e. The van der Waals surface area contributed by atoms with Gasteiger partial charge in [-0.25, -0.2) is 4.79 Å². The van der Waals surface area contributed by atoms with E-state index in [2.05, 4.69) is 24.0 Å². The summed E-state index contributed by atoms with van der Waals surface area (Å²) in [4.78, 5) is 14.3. The van der Waals surface area contributed by atoms with Crippen LogP contribution in [0.2, 0.25) is 0 Å². The van der Waals surface area contributed by atoms with E-state index in [1.165, 1.54) is 19.3 Å². The molecule has 0 radical (unpaired) electrons. The van der Waals surface area contributed by atoms with Crippen molar-refractivity contribution >= 4 is 5.97 Å². The predicted molar refractivity (Wildman–Crippen MR) is 89.6 cm³/mol. The zero-order valence-electron chi connectivity index (χ0n) is 14.1. The third-order valence-electron chi connectivity index (χ3n) is 3.82. The highest BCUT2D eigenvalue weighted by Crippen LogP contribution is 2.10. The van der Waals surface area contributed by atoms with Gasteiger partial charge in [0.1, 0.15) is 0 Å². The molecule has 0 saturated carbocycles. The second-order valence-corrected chi connectivity index (χ2v) is 5.98. The van der Waals surface area contributed by atoms with Gasteiger partial charge in [-0.15, -0.1) is 0 Å². The lowest BCUT2D eigenvalue weighted by Gasteiger charge is -2.07. The Bertz CT molecular complexity index is 276. The van der Waals surface area contributed by atoms with E-state index in [1.807, 2.05) is 0 Å². The van der Waals surface area contributed by atoms with Gasteiger partial charge >= 0.3 is 5.97 Å². The van der Waals surface area contributed by atoms with Crippen LogP contribution in [-0.4, -0.2) is 22.4 Å². The minimum Gasteiger partial charge on any atom is -0.393 e. The van der Waals surface area contributed by atoms with Crippen molar-refractivity contribution in [2.45, 2.75) is 96.5 Å². The van der Waals surface area contributed by atoms with Gasteiger partial charge in [-0.2, -0.15) is 5.26 Å². The van der Waals surface area contributed by atoms with E-state index in [-0.39, 0.29) is 6.10 Å². The SMILES string of the molecule is CCCCCCC(O)CC=CCCCCCCCC(=O)OO. The normalized spacial score (nSPS) is 12.7. The monoisotopic (exact) mass is 314 g/mol. The molecule has 0 aliphatic heterocycles. The Morgan fingerprint density at radius 2 is 1.68 bits per heavy atom. The number of hydrogen-bond donors (Lipinski definition) is 2. The average molecular weight is 314 g/mol. The van der Waals surface area contributed by atoms with Gasteiger partial charge in [-0.05, 0) is 32.1 Å². The van der Waals surface area contributed by atoms with Crippen molar-refractivity contribution in [2.24, 2.45) is 0 Å². The largest absolute Gasteiger partial charge is 0.393 e. The Morgan fingerprint density at radius 1 is 1.00 bits per heavy atom. The quantitative estimate of drug-likeness (QED) is 0.193. The lowest BCUT2D eigenvalue weighted by Crippen LogP contribution is -2.04. The Kier molecular flexibility index (Phi) is 15.8. The Hall–Kier alpha value is -0.870. The third kappa shape index (κ3) is 15.5. The molecule has 0 rings (SSSR count). The van der Waals surface area contributed by atoms with E-state index in [0.717, 1.165) is 57.8 Å². The summed E-state index contributed by atoms with van der Waals surface area (Å²) in [6.07, 6.45) is 17.2. The second kappa shape index (κ2) is 16.5. The van der Waals surface area contributed by atoms with Crippen molar-refractivity contribution in [2.75, 3.05) is 0 Å². The number of carbonyl (C=O) groups excluding carboxylic acids is 1. The lowest BCUT2D eigenvalue weighted by atomic mass is 10.1. The summed E-state index contributed by atoms with van der Waals surface area (Å²) in [5.74, 6) is -0.545. The first-order valence-corrected chi connectivity index (χ1v) is 8.88. The van der Waals surface area contributed by atoms with E-state index in [0.29, 0.717) is 6.42 Å². The van der Waals surface area contributed by atoms with E-state index < -0.39 is 5.97 Å². The molecule has 0 aliphatic rings. The maximum Gasteiger partial charge on any atom is 0.342 e. The van der Waals surface area contributed by atoms with Crippen molar-refractivity contribution in [3.05, 3.63) is 12.2 Å². The van der Waals surface area contributed by atoms with Crippen LogP contribution in [0.15, 0.2) is 12.2 Å². The fourth-order valence-electron chi connectivity index (χ4n) is 2.40. The molecule has 0 aliphatic carbocycles. The minimum absolute atomic E-state index is 0.181. The fourth-order valence-corrected chi connectivity index (χ4v) is 2.40. The number of unbranched alkanes of at least 4 members (excludes halogenated alkanes) is 8. The van der Waals surface area contributed by atoms with E-state index in [4.69, 9.17) is 5.26 Å². The molecule has 0 bridgehead atoms. The van der Waals surface area contributed by atoms with Gasteiger partial charge in [0.05, 0.1) is 6.10 Å². The average Bonchev–Trinajstić information content (AvgIpc) is 2.53. The summed E-state index contributed by atoms with van der Waals surface area (Å²) >= 11 is 0. The van der Waals surface area contributed by atoms with Crippen molar-refractivity contribution in [1.29, 1.82) is 0 Å². The molecule has 0 aromatic rings. The molecule has 2 N–H and O–H groups in total. The summed E-state index contributed by atoms with van der Waals surface area (Å²) in [6.45, 7) is 2.20. The standard InChI is InChI=1S/C18H34O4/c1-2-3-4-11-14-17(19)15-12-9-7-5-6-8-10-13-16-18(20)22-21/h9,12,17,19,21H,2-8,10-11,13-16H2,1H3. The number of aliphatic hydroxyl groups is 1. The highest BCUT2D eigenvalue weighted by atomic mass is 17.1. The van der Waals surface area contributed by atoms with Gasteiger partial charge in [0.15, 0.2) is 0 Å². The minimum atomic E-state index is -0.545. The zero-order valence-corrected chi connectivity index (χ0v) is 14.1. The Morgan fingerprint density at radius 3 is 2.41 bits per heavy atom. The molecule has 0 saturated heterocycles. The van der Waals surface area contributed by atoms with Crippen molar-refractivity contribution in [3.63, 3.8) is 0 Å². The molecule has 22 heavy (non-hydrogen) atoms. The maximum atomic E-state index is 10.7. The molecule has 0 spiro atoms. The number of aliphatic hydroxyl groups excluding tert-OH is 1. The van der Waals surface area contributed by atoms with Crippen LogP contribution in [0.5, 0.6) is 0 Å². The van der Waals surface area contributed by atoms with Gasteiger partial charge in [-0.3, -0.25) is 0 Å². The predicted octanol–water partition coefficient (Wildman–Crippen LogP) is 5.01. The van der Waals surface area contributed by atoms with E-state index in [1.54, 1.807) is 0 Å². The first kappa shape index (κ1) is 21.1. The Balaban J connectivity index is 3.28. The lowest BCUT2D eigenvalue weighted by molar-refractivity contribution is -0.234. The van der Waals surface area contributed by atoms with E-state index >= 15 is 0 Å². The molecular formula is C18H34O4. The van der Waals surface area contributed by atoms with Crippen molar-refractivity contribution < 1.29 is 20.0 Å². The molecule has 1 unspecified atom stereocenters. The highest BCUT2D eigenvalue weighted by molar-refractivity contribution is 5.68. The van der Waals surface area contributed by atoms with Gasteiger partial charge in [-0.1, -0.05) is 64.0 Å². The van der Waals surface area contributed by atoms with Crippen LogP contribution in [0.1, 0.15) is 90.4 Å². The molecule has 4 heteroatoms. The summed E-state index contributed by atoms with van der Waals surface area (Å²) in [5, 5.41) is 17.9. The zero-order chi connectivity index (χ0) is 16.5. The molecule has 0 heterocycles. The molecule has 4 nitrogen and oxygen atoms in total. The van der Waals surface area contributed by atoms with E-state index in [9.17, 15) is 9.90 Å². The summed E-state index contributed by atoms with van der Waals surface area (Å²) < 4.78 is 0. The number of allylic oxidation sites excluding steroid dienone is 1. The molecule has 0 amide bonds. The molecule has 0 aromatic heterocycles. The van der Waals surface area contributed by atoms with Crippen LogP contribution >= 0.6 is 0 Å². The van der Waals surface area contributed by atoms with Gasteiger partial charge in [0.25, 0.3) is 0 Å². The molecular weight excluding hydrogens is 280 g/mol. The summed E-state index contributed by atoms with van der Waals surface area (Å²) in [5.41, 5.74) is 0. The first-order valence-electron chi connectivity index (χ1n) is 8.88. The molecule has 1 atom stereocenters. The molecule has 0 fully saturated rings. The number of rotatable bonds is 15. The molecule has 0 aromatic carbocycles. The van der Waals surface area contributed by atoms with Crippen LogP contribution in [0.25, 0.3) is 0 Å². The molecule has 130 valence electrons. The fraction of sp³-hybridized carbons (Fsp3) is 0.833. The first-order chi connectivity index (χ1) is 10.7. The Labute approximate surface area is 135 Å². The second-order valence-electron chi connectivity index (χ2n) is 5.98. The van der Waals surface area contributed by atoms with Crippen LogP contribution in [0.3, 0.4) is 0 Å². The van der Waals surface area contributed by atoms with Crippen LogP contribution in [-0.2, 0) is 9.68 Å². The van der Waals surface area contributed by atoms with Crippen LogP contribution in [0.4, 0.5) is 0 Å². The highest BCUT2D eigenvalue weighted by Gasteiger charge is 2.01. The maximum absolute atomic E-state index is 10.7. The van der Waals surface area contributed by atoms with Crippen LogP contribution < -0.4 is 0 Å². The topological polar surface area (TPSA) is 66.8 Å². The van der Waals surface area contributed by atoms with Gasteiger partial charge < -0.3 is 9.99 Å². The van der Waals surface area contributed by atoms with Crippen molar-refractivity contribution in [3.8, 4) is 0 Å². The summed E-state index contributed by atoms with van der Waals surface area (Å²) in [6, 6.07) is 0. The van der Waals surface area contributed by atoms with Gasteiger partial charge in [0, 0.05) is 6.42 Å². The van der Waals surface area contributed by atoms with Crippen molar-refractivity contribution in [1.82, 2.24) is 0 Å². The van der Waals surface area contributed by atoms with Gasteiger partial charge in [0.2, 0.25) is 0 Å². The number of carbonyl (C=O) groups is 1. The summed E-state index contributed by atoms with van der Waals surface area (Å²) in [7, 11) is 0.